The fourth-order valence-electron chi connectivity index (χ4n) is 0.702. The molecule has 0 spiro atoms. The van der Waals surface area contributed by atoms with E-state index in [1.54, 1.807) is 18.2 Å². The molecule has 60 valence electrons. The van der Waals surface area contributed by atoms with Crippen LogP contribution in [0.2, 0.25) is 0 Å². The standard InChI is InChI=1S/C7H8O3S/c8-6-11(9,10)7-4-2-1-3-5-7/h1-5,8H,6H2. The first-order valence-electron chi connectivity index (χ1n) is 3.05. The van der Waals surface area contributed by atoms with Gasteiger partial charge < -0.3 is 5.11 Å². The van der Waals surface area contributed by atoms with Gasteiger partial charge in [0.15, 0.2) is 0 Å². The molecule has 0 saturated heterocycles. The highest BCUT2D eigenvalue weighted by atomic mass is 32.2. The highest BCUT2D eigenvalue weighted by molar-refractivity contribution is 7.91. The van der Waals surface area contributed by atoms with Crippen molar-refractivity contribution >= 4 is 9.84 Å². The maximum atomic E-state index is 11.0. The summed E-state index contributed by atoms with van der Waals surface area (Å²) >= 11 is 0. The van der Waals surface area contributed by atoms with Gasteiger partial charge in [0.25, 0.3) is 0 Å². The minimum Gasteiger partial charge on any atom is -0.380 e. The van der Waals surface area contributed by atoms with Crippen molar-refractivity contribution in [2.45, 2.75) is 4.90 Å². The zero-order valence-electron chi connectivity index (χ0n) is 5.77. The molecule has 0 aliphatic rings. The van der Waals surface area contributed by atoms with Gasteiger partial charge in [0.2, 0.25) is 9.84 Å². The summed E-state index contributed by atoms with van der Waals surface area (Å²) in [5.74, 6) is -0.836. The van der Waals surface area contributed by atoms with Crippen LogP contribution in [0.3, 0.4) is 0 Å². The van der Waals surface area contributed by atoms with E-state index in [1.165, 1.54) is 12.1 Å². The van der Waals surface area contributed by atoms with E-state index in [9.17, 15) is 8.42 Å². The number of hydrogen-bond donors (Lipinski definition) is 1. The average Bonchev–Trinajstić information content (AvgIpc) is 2.06. The number of rotatable bonds is 2. The molecule has 0 saturated carbocycles. The Kier molecular flexibility index (Phi) is 2.26. The summed E-state index contributed by atoms with van der Waals surface area (Å²) in [5.41, 5.74) is 0. The van der Waals surface area contributed by atoms with Crippen LogP contribution in [0, 0.1) is 0 Å². The van der Waals surface area contributed by atoms with E-state index in [0.717, 1.165) is 0 Å². The van der Waals surface area contributed by atoms with Crippen LogP contribution in [0.1, 0.15) is 0 Å². The van der Waals surface area contributed by atoms with Gasteiger partial charge in [-0.1, -0.05) is 18.2 Å². The second kappa shape index (κ2) is 3.02. The molecular weight excluding hydrogens is 164 g/mol. The maximum absolute atomic E-state index is 11.0. The van der Waals surface area contributed by atoms with Crippen molar-refractivity contribution in [2.24, 2.45) is 0 Å². The number of aliphatic hydroxyl groups excluding tert-OH is 1. The fourth-order valence-corrected chi connectivity index (χ4v) is 1.42. The Morgan fingerprint density at radius 2 is 1.73 bits per heavy atom. The molecule has 4 heteroatoms. The van der Waals surface area contributed by atoms with E-state index < -0.39 is 15.8 Å². The molecule has 0 heterocycles. The zero-order chi connectivity index (χ0) is 8.32. The highest BCUT2D eigenvalue weighted by Gasteiger charge is 2.10. The molecule has 1 rings (SSSR count). The summed E-state index contributed by atoms with van der Waals surface area (Å²) in [6.07, 6.45) is 0. The lowest BCUT2D eigenvalue weighted by Crippen LogP contribution is -2.04. The first kappa shape index (κ1) is 8.23. The van der Waals surface area contributed by atoms with Crippen LogP contribution in [-0.4, -0.2) is 19.5 Å². The van der Waals surface area contributed by atoms with Crippen molar-refractivity contribution in [3.05, 3.63) is 30.3 Å². The summed E-state index contributed by atoms with van der Waals surface area (Å²) in [6.45, 7) is 0. The molecule has 0 radical (unpaired) electrons. The number of aliphatic hydroxyl groups is 1. The van der Waals surface area contributed by atoms with Gasteiger partial charge in [0.1, 0.15) is 5.94 Å². The second-order valence-corrected chi connectivity index (χ2v) is 4.02. The molecule has 0 aromatic heterocycles. The Bertz CT molecular complexity index is 315. The van der Waals surface area contributed by atoms with Crippen molar-refractivity contribution in [1.29, 1.82) is 0 Å². The number of hydrogen-bond acceptors (Lipinski definition) is 3. The Labute approximate surface area is 65.2 Å². The molecule has 3 nitrogen and oxygen atoms in total. The van der Waals surface area contributed by atoms with E-state index in [0.29, 0.717) is 0 Å². The SMILES string of the molecule is O=S(=O)(CO)c1ccccc1. The quantitative estimate of drug-likeness (QED) is 0.703. The van der Waals surface area contributed by atoms with E-state index in [1.807, 2.05) is 0 Å². The normalized spacial score (nSPS) is 11.4. The van der Waals surface area contributed by atoms with Gasteiger partial charge in [0, 0.05) is 0 Å². The van der Waals surface area contributed by atoms with Gasteiger partial charge in [-0.25, -0.2) is 8.42 Å². The van der Waals surface area contributed by atoms with Gasteiger partial charge in [-0.15, -0.1) is 0 Å². The minimum atomic E-state index is -3.44. The van der Waals surface area contributed by atoms with Crippen molar-refractivity contribution < 1.29 is 13.5 Å². The smallest absolute Gasteiger partial charge is 0.202 e. The molecule has 0 atom stereocenters. The predicted octanol–water partition coefficient (Wildman–Crippen LogP) is 0.410. The number of sulfone groups is 1. The highest BCUT2D eigenvalue weighted by Crippen LogP contribution is 2.07. The van der Waals surface area contributed by atoms with Gasteiger partial charge in [-0.3, -0.25) is 0 Å². The first-order chi connectivity index (χ1) is 5.17. The lowest BCUT2D eigenvalue weighted by Gasteiger charge is -1.97. The lowest BCUT2D eigenvalue weighted by molar-refractivity contribution is 0.358. The minimum absolute atomic E-state index is 0.155. The van der Waals surface area contributed by atoms with Gasteiger partial charge in [0.05, 0.1) is 4.90 Å². The topological polar surface area (TPSA) is 54.4 Å². The Morgan fingerprint density at radius 3 is 2.18 bits per heavy atom. The molecule has 11 heavy (non-hydrogen) atoms. The molecule has 1 aromatic rings. The van der Waals surface area contributed by atoms with Crippen LogP contribution < -0.4 is 0 Å². The fraction of sp³-hybridized carbons (Fsp3) is 0.143. The van der Waals surface area contributed by atoms with Gasteiger partial charge in [-0.05, 0) is 12.1 Å². The average molecular weight is 172 g/mol. The van der Waals surface area contributed by atoms with E-state index >= 15 is 0 Å². The summed E-state index contributed by atoms with van der Waals surface area (Å²) in [6, 6.07) is 7.85. The molecule has 0 aliphatic heterocycles. The number of benzene rings is 1. The first-order valence-corrected chi connectivity index (χ1v) is 4.71. The van der Waals surface area contributed by atoms with Gasteiger partial charge in [-0.2, -0.15) is 0 Å². The van der Waals surface area contributed by atoms with E-state index in [2.05, 4.69) is 0 Å². The molecule has 0 amide bonds. The zero-order valence-corrected chi connectivity index (χ0v) is 6.58. The summed E-state index contributed by atoms with van der Waals surface area (Å²) in [7, 11) is -3.44. The monoisotopic (exact) mass is 172 g/mol. The van der Waals surface area contributed by atoms with E-state index in [4.69, 9.17) is 5.11 Å². The summed E-state index contributed by atoms with van der Waals surface area (Å²) < 4.78 is 21.9. The predicted molar refractivity (Wildman–Crippen MR) is 40.7 cm³/mol. The maximum Gasteiger partial charge on any atom is 0.202 e. The van der Waals surface area contributed by atoms with Crippen LogP contribution in [0.4, 0.5) is 0 Å². The van der Waals surface area contributed by atoms with Crippen molar-refractivity contribution in [1.82, 2.24) is 0 Å². The lowest BCUT2D eigenvalue weighted by atomic mass is 10.4. The van der Waals surface area contributed by atoms with Crippen LogP contribution >= 0.6 is 0 Å². The molecule has 1 aromatic carbocycles. The van der Waals surface area contributed by atoms with Crippen molar-refractivity contribution in [3.63, 3.8) is 0 Å². The van der Waals surface area contributed by atoms with Crippen LogP contribution in [0.15, 0.2) is 35.2 Å². The Hall–Kier alpha value is -0.870. The third-order valence-electron chi connectivity index (χ3n) is 1.27. The third-order valence-corrected chi connectivity index (χ3v) is 2.60. The van der Waals surface area contributed by atoms with Crippen molar-refractivity contribution in [3.8, 4) is 0 Å². The largest absolute Gasteiger partial charge is 0.380 e. The third kappa shape index (κ3) is 1.78. The summed E-state index contributed by atoms with van der Waals surface area (Å²) in [5, 5.41) is 8.46. The Morgan fingerprint density at radius 1 is 1.18 bits per heavy atom. The molecule has 0 unspecified atom stereocenters. The second-order valence-electron chi connectivity index (χ2n) is 2.06. The molecule has 1 N–H and O–H groups in total. The summed E-state index contributed by atoms with van der Waals surface area (Å²) in [4.78, 5) is 0.155. The Balaban J connectivity index is 3.14. The van der Waals surface area contributed by atoms with E-state index in [-0.39, 0.29) is 4.90 Å². The van der Waals surface area contributed by atoms with Crippen LogP contribution in [0.5, 0.6) is 0 Å². The van der Waals surface area contributed by atoms with Crippen molar-refractivity contribution in [2.75, 3.05) is 5.94 Å². The molecule has 0 bridgehead atoms. The van der Waals surface area contributed by atoms with Crippen LogP contribution in [0.25, 0.3) is 0 Å². The molecule has 0 fully saturated rings. The molecule has 0 aliphatic carbocycles. The molecular formula is C7H8O3S. The van der Waals surface area contributed by atoms with Gasteiger partial charge >= 0.3 is 0 Å². The van der Waals surface area contributed by atoms with Crippen LogP contribution in [-0.2, 0) is 9.84 Å².